The maximum Gasteiger partial charge on any atom is 0.279 e. The summed E-state index contributed by atoms with van der Waals surface area (Å²) in [6.45, 7) is 1.60. The first kappa shape index (κ1) is 19.2. The van der Waals surface area contributed by atoms with E-state index in [-0.39, 0.29) is 0 Å². The molecule has 30 heavy (non-hydrogen) atoms. The van der Waals surface area contributed by atoms with Crippen LogP contribution in [-0.4, -0.2) is 22.9 Å². The molecule has 0 aliphatic carbocycles. The van der Waals surface area contributed by atoms with Crippen LogP contribution in [0, 0.1) is 0 Å². The van der Waals surface area contributed by atoms with Crippen molar-refractivity contribution in [2.75, 3.05) is 0 Å². The van der Waals surface area contributed by atoms with Gasteiger partial charge in [-0.25, -0.2) is 4.98 Å². The summed E-state index contributed by atoms with van der Waals surface area (Å²) in [5, 5.41) is 0.660. The third-order valence-corrected chi connectivity index (χ3v) is 4.46. The quantitative estimate of drug-likeness (QED) is 0.497. The number of hydrogen-bond acceptors (Lipinski definition) is 5. The van der Waals surface area contributed by atoms with E-state index in [1.807, 2.05) is 36.4 Å². The molecule has 1 unspecified atom stereocenters. The van der Waals surface area contributed by atoms with Gasteiger partial charge in [0.1, 0.15) is 11.4 Å². The summed E-state index contributed by atoms with van der Waals surface area (Å²) in [5.74, 6) is 0.164. The monoisotopic (exact) mass is 401 g/mol. The fourth-order valence-corrected chi connectivity index (χ4v) is 2.96. The van der Waals surface area contributed by atoms with E-state index in [2.05, 4.69) is 15.8 Å². The number of hydrazine groups is 1. The highest BCUT2D eigenvalue weighted by Gasteiger charge is 2.18. The zero-order valence-electron chi connectivity index (χ0n) is 16.2. The zero-order valence-corrected chi connectivity index (χ0v) is 16.2. The van der Waals surface area contributed by atoms with Crippen molar-refractivity contribution in [2.45, 2.75) is 13.0 Å². The molecule has 2 aromatic heterocycles. The van der Waals surface area contributed by atoms with Crippen LogP contribution in [0.5, 0.6) is 5.75 Å². The Morgan fingerprint density at radius 2 is 1.73 bits per heavy atom. The lowest BCUT2D eigenvalue weighted by Gasteiger charge is -2.15. The van der Waals surface area contributed by atoms with Crippen LogP contribution >= 0.6 is 0 Å². The van der Waals surface area contributed by atoms with Crippen LogP contribution in [0.25, 0.3) is 22.4 Å². The summed E-state index contributed by atoms with van der Waals surface area (Å²) in [7, 11) is 0. The van der Waals surface area contributed by atoms with Crippen LogP contribution in [0.3, 0.4) is 0 Å². The van der Waals surface area contributed by atoms with Crippen LogP contribution in [0.4, 0.5) is 0 Å². The second-order valence-corrected chi connectivity index (χ2v) is 6.57. The molecule has 7 nitrogen and oxygen atoms in total. The zero-order chi connectivity index (χ0) is 20.9. The van der Waals surface area contributed by atoms with Crippen LogP contribution in [-0.2, 0) is 4.79 Å². The average molecular weight is 401 g/mol. The number of aromatic nitrogens is 1. The van der Waals surface area contributed by atoms with Gasteiger partial charge in [0, 0.05) is 5.39 Å². The molecule has 4 aromatic rings. The number of rotatable bonds is 5. The Kier molecular flexibility index (Phi) is 5.43. The Labute approximate surface area is 172 Å². The molecule has 0 bridgehead atoms. The number of pyridine rings is 1. The Balaban J connectivity index is 1.51. The second-order valence-electron chi connectivity index (χ2n) is 6.57. The third kappa shape index (κ3) is 4.15. The standard InChI is InChI=1S/C23H19N3O4/c1-15(30-16-8-3-2-4-9-16)22(27)25-26-23(28)18-14-20(21-12-7-13-29-21)24-19-11-6-5-10-17(18)19/h2-15H,1H3,(H,25,27)(H,26,28). The highest BCUT2D eigenvalue weighted by molar-refractivity contribution is 6.07. The summed E-state index contributed by atoms with van der Waals surface area (Å²) >= 11 is 0. The van der Waals surface area contributed by atoms with E-state index in [0.717, 1.165) is 0 Å². The minimum atomic E-state index is -0.791. The van der Waals surface area contributed by atoms with Crippen molar-refractivity contribution in [3.05, 3.63) is 84.6 Å². The molecule has 0 aliphatic rings. The summed E-state index contributed by atoms with van der Waals surface area (Å²) in [6, 6.07) is 21.4. The minimum absolute atomic E-state index is 0.365. The van der Waals surface area contributed by atoms with E-state index in [9.17, 15) is 9.59 Å². The number of ether oxygens (including phenoxy) is 1. The van der Waals surface area contributed by atoms with Gasteiger partial charge in [-0.05, 0) is 43.3 Å². The van der Waals surface area contributed by atoms with E-state index in [0.29, 0.717) is 33.7 Å². The normalized spacial score (nSPS) is 11.6. The van der Waals surface area contributed by atoms with E-state index < -0.39 is 17.9 Å². The predicted octanol–water partition coefficient (Wildman–Crippen LogP) is 3.72. The molecular formula is C23H19N3O4. The molecule has 2 amide bonds. The third-order valence-electron chi connectivity index (χ3n) is 4.46. The smallest absolute Gasteiger partial charge is 0.279 e. The molecule has 150 valence electrons. The molecule has 1 atom stereocenters. The van der Waals surface area contributed by atoms with Crippen molar-refractivity contribution >= 4 is 22.7 Å². The molecule has 7 heteroatoms. The Bertz CT molecular complexity index is 1170. The molecule has 0 fully saturated rings. The first-order chi connectivity index (χ1) is 14.6. The van der Waals surface area contributed by atoms with Gasteiger partial charge in [-0.3, -0.25) is 20.4 Å². The minimum Gasteiger partial charge on any atom is -0.481 e. The molecule has 2 heterocycles. The van der Waals surface area contributed by atoms with Gasteiger partial charge in [-0.2, -0.15) is 0 Å². The molecule has 4 rings (SSSR count). The van der Waals surface area contributed by atoms with Crippen LogP contribution in [0.15, 0.2) is 83.5 Å². The molecule has 0 saturated heterocycles. The van der Waals surface area contributed by atoms with Crippen molar-refractivity contribution < 1.29 is 18.7 Å². The van der Waals surface area contributed by atoms with Crippen LogP contribution in [0.2, 0.25) is 0 Å². The van der Waals surface area contributed by atoms with Gasteiger partial charge in [0.05, 0.1) is 17.3 Å². The summed E-state index contributed by atoms with van der Waals surface area (Å²) in [4.78, 5) is 29.7. The van der Waals surface area contributed by atoms with E-state index in [4.69, 9.17) is 9.15 Å². The van der Waals surface area contributed by atoms with Gasteiger partial charge in [0.25, 0.3) is 11.8 Å². The van der Waals surface area contributed by atoms with Crippen LogP contribution < -0.4 is 15.6 Å². The van der Waals surface area contributed by atoms with Gasteiger partial charge < -0.3 is 9.15 Å². The molecule has 2 aromatic carbocycles. The lowest BCUT2D eigenvalue weighted by Crippen LogP contribution is -2.47. The Hall–Kier alpha value is -4.13. The van der Waals surface area contributed by atoms with E-state index in [1.54, 1.807) is 49.6 Å². The van der Waals surface area contributed by atoms with Crippen molar-refractivity contribution in [1.29, 1.82) is 0 Å². The first-order valence-electron chi connectivity index (χ1n) is 9.37. The fourth-order valence-electron chi connectivity index (χ4n) is 2.96. The summed E-state index contributed by atoms with van der Waals surface area (Å²) in [5.41, 5.74) is 6.40. The molecule has 0 aliphatic heterocycles. The van der Waals surface area contributed by atoms with Gasteiger partial charge in [-0.1, -0.05) is 36.4 Å². The topological polar surface area (TPSA) is 93.5 Å². The van der Waals surface area contributed by atoms with E-state index in [1.165, 1.54) is 0 Å². The molecule has 0 saturated carbocycles. The highest BCUT2D eigenvalue weighted by Crippen LogP contribution is 2.25. The van der Waals surface area contributed by atoms with Gasteiger partial charge in [0.15, 0.2) is 11.9 Å². The number of hydrogen-bond donors (Lipinski definition) is 2. The summed E-state index contributed by atoms with van der Waals surface area (Å²) < 4.78 is 11.0. The SMILES string of the molecule is CC(Oc1ccccc1)C(=O)NNC(=O)c1cc(-c2ccco2)nc2ccccc12. The Morgan fingerprint density at radius 1 is 0.967 bits per heavy atom. The largest absolute Gasteiger partial charge is 0.481 e. The molecular weight excluding hydrogens is 382 g/mol. The average Bonchev–Trinajstić information content (AvgIpc) is 3.32. The van der Waals surface area contributed by atoms with Crippen molar-refractivity contribution in [1.82, 2.24) is 15.8 Å². The lowest BCUT2D eigenvalue weighted by molar-refractivity contribution is -0.128. The predicted molar refractivity (Wildman–Crippen MR) is 112 cm³/mol. The number of amides is 2. The molecule has 0 spiro atoms. The van der Waals surface area contributed by atoms with Gasteiger partial charge >= 0.3 is 0 Å². The number of fused-ring (bicyclic) bond motifs is 1. The Morgan fingerprint density at radius 3 is 2.50 bits per heavy atom. The lowest BCUT2D eigenvalue weighted by atomic mass is 10.1. The number of nitrogens with one attached hydrogen (secondary N) is 2. The summed E-state index contributed by atoms with van der Waals surface area (Å²) in [6.07, 6.45) is 0.751. The van der Waals surface area contributed by atoms with E-state index >= 15 is 0 Å². The fraction of sp³-hybridized carbons (Fsp3) is 0.0870. The van der Waals surface area contributed by atoms with Gasteiger partial charge in [-0.15, -0.1) is 0 Å². The molecule has 0 radical (unpaired) electrons. The number of benzene rings is 2. The highest BCUT2D eigenvalue weighted by atomic mass is 16.5. The number of furan rings is 1. The first-order valence-corrected chi connectivity index (χ1v) is 9.37. The van der Waals surface area contributed by atoms with Crippen LogP contribution in [0.1, 0.15) is 17.3 Å². The maximum absolute atomic E-state index is 12.8. The van der Waals surface area contributed by atoms with Gasteiger partial charge in [0.2, 0.25) is 0 Å². The number of carbonyl (C=O) groups is 2. The molecule has 2 N–H and O–H groups in total. The maximum atomic E-state index is 12.8. The van der Waals surface area contributed by atoms with Crippen molar-refractivity contribution in [2.24, 2.45) is 0 Å². The number of carbonyl (C=O) groups excluding carboxylic acids is 2. The second kappa shape index (κ2) is 8.48. The number of para-hydroxylation sites is 2. The number of nitrogens with zero attached hydrogens (tertiary/aromatic N) is 1. The van der Waals surface area contributed by atoms with Crippen molar-refractivity contribution in [3.8, 4) is 17.2 Å². The van der Waals surface area contributed by atoms with Crippen molar-refractivity contribution in [3.63, 3.8) is 0 Å².